The molecular formula is C19H23ClN4O4. The maximum Gasteiger partial charge on any atom is 0.311 e. The van der Waals surface area contributed by atoms with Crippen LogP contribution >= 0.6 is 11.6 Å². The zero-order valence-corrected chi connectivity index (χ0v) is 16.4. The van der Waals surface area contributed by atoms with E-state index in [-0.39, 0.29) is 17.2 Å². The minimum atomic E-state index is -0.339. The Hall–Kier alpha value is -2.58. The third kappa shape index (κ3) is 5.02. The van der Waals surface area contributed by atoms with Gasteiger partial charge in [-0.15, -0.1) is 0 Å². The molecule has 28 heavy (non-hydrogen) atoms. The number of hydrogen-bond acceptors (Lipinski definition) is 6. The van der Waals surface area contributed by atoms with Crippen molar-refractivity contribution in [1.82, 2.24) is 15.1 Å². The first-order valence-electron chi connectivity index (χ1n) is 9.15. The zero-order valence-electron chi connectivity index (χ0n) is 15.7. The summed E-state index contributed by atoms with van der Waals surface area (Å²) < 4.78 is 12.3. The van der Waals surface area contributed by atoms with Crippen LogP contribution in [0.25, 0.3) is 0 Å². The van der Waals surface area contributed by atoms with Gasteiger partial charge in [-0.2, -0.15) is 5.10 Å². The van der Waals surface area contributed by atoms with Crippen LogP contribution in [0.5, 0.6) is 11.5 Å². The summed E-state index contributed by atoms with van der Waals surface area (Å²) in [6.07, 6.45) is 2.46. The molecule has 1 aromatic carbocycles. The monoisotopic (exact) mass is 406 g/mol. The van der Waals surface area contributed by atoms with E-state index in [1.807, 2.05) is 12.1 Å². The molecule has 0 aliphatic carbocycles. The molecule has 0 unspecified atom stereocenters. The number of amides is 1. The van der Waals surface area contributed by atoms with Crippen molar-refractivity contribution in [2.24, 2.45) is 7.05 Å². The van der Waals surface area contributed by atoms with Gasteiger partial charge in [0.15, 0.2) is 0 Å². The second kappa shape index (κ2) is 9.57. The van der Waals surface area contributed by atoms with Crippen molar-refractivity contribution >= 4 is 23.2 Å². The number of halogens is 1. The fourth-order valence-electron chi connectivity index (χ4n) is 2.87. The van der Waals surface area contributed by atoms with Crippen LogP contribution in [-0.4, -0.2) is 48.5 Å². The maximum atomic E-state index is 12.6. The lowest BCUT2D eigenvalue weighted by molar-refractivity contribution is -0.118. The molecular weight excluding hydrogens is 384 g/mol. The molecule has 150 valence electrons. The molecule has 1 N–H and O–H groups in total. The van der Waals surface area contributed by atoms with E-state index in [0.29, 0.717) is 62.1 Å². The Morgan fingerprint density at radius 1 is 1.39 bits per heavy atom. The molecule has 9 heteroatoms. The standard InChI is InChI=1S/C19H23ClN4O4/c1-23-19(26)18-16(13-22-23)24(9-3-10-28-18)17(25)6-7-21-8-11-27-15-5-2-4-14(20)12-15/h2,4-5,12-13,21H,3,6-11H2,1H3. The quantitative estimate of drug-likeness (QED) is 0.703. The summed E-state index contributed by atoms with van der Waals surface area (Å²) in [6.45, 7) is 2.47. The molecule has 3 rings (SSSR count). The second-order valence-electron chi connectivity index (χ2n) is 6.34. The van der Waals surface area contributed by atoms with E-state index in [9.17, 15) is 9.59 Å². The average molecular weight is 407 g/mol. The fourth-order valence-corrected chi connectivity index (χ4v) is 3.05. The van der Waals surface area contributed by atoms with Gasteiger partial charge in [0.05, 0.1) is 12.8 Å². The van der Waals surface area contributed by atoms with Gasteiger partial charge in [-0.3, -0.25) is 9.59 Å². The van der Waals surface area contributed by atoms with Crippen molar-refractivity contribution in [3.05, 3.63) is 45.8 Å². The van der Waals surface area contributed by atoms with Crippen LogP contribution in [0.3, 0.4) is 0 Å². The Bertz CT molecular complexity index is 886. The Kier molecular flexibility index (Phi) is 6.89. The molecule has 0 saturated heterocycles. The minimum Gasteiger partial charge on any atom is -0.492 e. The molecule has 1 aliphatic rings. The Morgan fingerprint density at radius 2 is 2.25 bits per heavy atom. The molecule has 0 spiro atoms. The number of nitrogens with zero attached hydrogens (tertiary/aromatic N) is 3. The maximum absolute atomic E-state index is 12.6. The predicted octanol–water partition coefficient (Wildman–Crippen LogP) is 1.61. The number of hydrogen-bond donors (Lipinski definition) is 1. The molecule has 1 amide bonds. The number of aromatic nitrogens is 2. The summed E-state index contributed by atoms with van der Waals surface area (Å²) in [5.74, 6) is 0.817. The van der Waals surface area contributed by atoms with Gasteiger partial charge < -0.3 is 19.7 Å². The van der Waals surface area contributed by atoms with Crippen LogP contribution in [0.4, 0.5) is 5.69 Å². The van der Waals surface area contributed by atoms with E-state index in [1.54, 1.807) is 24.1 Å². The topological polar surface area (TPSA) is 85.7 Å². The van der Waals surface area contributed by atoms with Gasteiger partial charge in [-0.1, -0.05) is 17.7 Å². The highest BCUT2D eigenvalue weighted by Crippen LogP contribution is 2.26. The van der Waals surface area contributed by atoms with Crippen molar-refractivity contribution in [3.8, 4) is 11.5 Å². The van der Waals surface area contributed by atoms with Crippen molar-refractivity contribution < 1.29 is 14.3 Å². The highest BCUT2D eigenvalue weighted by atomic mass is 35.5. The van der Waals surface area contributed by atoms with Gasteiger partial charge in [0.2, 0.25) is 11.7 Å². The van der Waals surface area contributed by atoms with Gasteiger partial charge in [0.25, 0.3) is 0 Å². The SMILES string of the molecule is Cn1ncc2c(c1=O)OCCCN2C(=O)CCNCCOc1cccc(Cl)c1. The normalized spacial score (nSPS) is 13.4. The molecule has 0 fully saturated rings. The molecule has 0 radical (unpaired) electrons. The van der Waals surface area contributed by atoms with Crippen molar-refractivity contribution in [2.45, 2.75) is 12.8 Å². The van der Waals surface area contributed by atoms with Crippen LogP contribution in [0.1, 0.15) is 12.8 Å². The van der Waals surface area contributed by atoms with Crippen molar-refractivity contribution in [2.75, 3.05) is 37.7 Å². The first-order chi connectivity index (χ1) is 13.6. The van der Waals surface area contributed by atoms with E-state index in [4.69, 9.17) is 21.1 Å². The summed E-state index contributed by atoms with van der Waals surface area (Å²) in [6, 6.07) is 7.21. The smallest absolute Gasteiger partial charge is 0.311 e. The highest BCUT2D eigenvalue weighted by molar-refractivity contribution is 6.30. The van der Waals surface area contributed by atoms with Gasteiger partial charge in [-0.25, -0.2) is 4.68 Å². The van der Waals surface area contributed by atoms with Crippen LogP contribution in [0.15, 0.2) is 35.3 Å². The largest absolute Gasteiger partial charge is 0.492 e. The lowest BCUT2D eigenvalue weighted by atomic mass is 10.3. The second-order valence-corrected chi connectivity index (χ2v) is 6.78. The number of benzene rings is 1. The molecule has 2 heterocycles. The van der Waals surface area contributed by atoms with Crippen LogP contribution in [0, 0.1) is 0 Å². The number of fused-ring (bicyclic) bond motifs is 1. The molecule has 1 aliphatic heterocycles. The number of rotatable bonds is 7. The molecule has 0 bridgehead atoms. The van der Waals surface area contributed by atoms with E-state index in [2.05, 4.69) is 10.4 Å². The Morgan fingerprint density at radius 3 is 3.07 bits per heavy atom. The lowest BCUT2D eigenvalue weighted by Gasteiger charge is -2.21. The van der Waals surface area contributed by atoms with Gasteiger partial charge >= 0.3 is 5.56 Å². The van der Waals surface area contributed by atoms with Crippen LogP contribution in [-0.2, 0) is 11.8 Å². The summed E-state index contributed by atoms with van der Waals surface area (Å²) in [7, 11) is 1.55. The summed E-state index contributed by atoms with van der Waals surface area (Å²) in [5.41, 5.74) is 0.100. The number of aryl methyl sites for hydroxylation is 1. The summed E-state index contributed by atoms with van der Waals surface area (Å²) >= 11 is 5.91. The molecule has 1 aromatic heterocycles. The minimum absolute atomic E-state index is 0.0786. The number of carbonyl (C=O) groups is 1. The van der Waals surface area contributed by atoms with Gasteiger partial charge in [0.1, 0.15) is 18.0 Å². The average Bonchev–Trinajstić information content (AvgIpc) is 2.90. The third-order valence-corrected chi connectivity index (χ3v) is 4.53. The Balaban J connectivity index is 1.47. The molecule has 8 nitrogen and oxygen atoms in total. The van der Waals surface area contributed by atoms with Crippen LogP contribution in [0.2, 0.25) is 5.02 Å². The number of nitrogens with one attached hydrogen (secondary N) is 1. The number of ether oxygens (including phenoxy) is 2. The number of carbonyl (C=O) groups excluding carboxylic acids is 1. The lowest BCUT2D eigenvalue weighted by Crippen LogP contribution is -2.35. The predicted molar refractivity (Wildman–Crippen MR) is 106 cm³/mol. The third-order valence-electron chi connectivity index (χ3n) is 4.30. The molecule has 2 aromatic rings. The first kappa shape index (κ1) is 20.2. The van der Waals surface area contributed by atoms with Gasteiger partial charge in [-0.05, 0) is 24.6 Å². The summed E-state index contributed by atoms with van der Waals surface area (Å²) in [4.78, 5) is 26.4. The van der Waals surface area contributed by atoms with Crippen molar-refractivity contribution in [3.63, 3.8) is 0 Å². The van der Waals surface area contributed by atoms with E-state index in [0.717, 1.165) is 0 Å². The Labute approximate surface area is 168 Å². The van der Waals surface area contributed by atoms with Crippen LogP contribution < -0.4 is 25.2 Å². The molecule has 0 saturated carbocycles. The van der Waals surface area contributed by atoms with E-state index < -0.39 is 0 Å². The fraction of sp³-hybridized carbons (Fsp3) is 0.421. The summed E-state index contributed by atoms with van der Waals surface area (Å²) in [5, 5.41) is 7.82. The first-order valence-corrected chi connectivity index (χ1v) is 9.52. The highest BCUT2D eigenvalue weighted by Gasteiger charge is 2.25. The van der Waals surface area contributed by atoms with Gasteiger partial charge in [0, 0.05) is 38.1 Å². The molecule has 0 atom stereocenters. The van der Waals surface area contributed by atoms with Crippen molar-refractivity contribution in [1.29, 1.82) is 0 Å². The zero-order chi connectivity index (χ0) is 19.9. The number of anilines is 1. The van der Waals surface area contributed by atoms with E-state index >= 15 is 0 Å². The van der Waals surface area contributed by atoms with E-state index in [1.165, 1.54) is 10.9 Å².